The van der Waals surface area contributed by atoms with Crippen molar-refractivity contribution in [2.24, 2.45) is 5.73 Å². The average molecular weight is 326 g/mol. The Kier molecular flexibility index (Phi) is 6.37. The number of primary amides is 1. The van der Waals surface area contributed by atoms with E-state index < -0.39 is 5.91 Å². The van der Waals surface area contributed by atoms with E-state index in [9.17, 15) is 9.59 Å². The summed E-state index contributed by atoms with van der Waals surface area (Å²) in [6.07, 6.45) is 1.83. The van der Waals surface area contributed by atoms with E-state index in [0.717, 1.165) is 18.4 Å². The van der Waals surface area contributed by atoms with Crippen LogP contribution in [-0.2, 0) is 4.79 Å². The van der Waals surface area contributed by atoms with Crippen molar-refractivity contribution in [1.82, 2.24) is 5.32 Å². The summed E-state index contributed by atoms with van der Waals surface area (Å²) in [7, 11) is 0. The molecule has 0 radical (unpaired) electrons. The first-order valence-electron chi connectivity index (χ1n) is 7.97. The highest BCUT2D eigenvalue weighted by Gasteiger charge is 2.14. The van der Waals surface area contributed by atoms with Crippen molar-refractivity contribution in [2.45, 2.75) is 25.8 Å². The average Bonchev–Trinajstić information content (AvgIpc) is 2.60. The first-order chi connectivity index (χ1) is 11.6. The molecule has 0 saturated carbocycles. The Morgan fingerprint density at radius 2 is 1.75 bits per heavy atom. The summed E-state index contributed by atoms with van der Waals surface area (Å²) in [4.78, 5) is 23.2. The zero-order valence-electron chi connectivity index (χ0n) is 13.7. The van der Waals surface area contributed by atoms with Crippen molar-refractivity contribution in [3.63, 3.8) is 0 Å². The first kappa shape index (κ1) is 17.5. The molecular weight excluding hydrogens is 304 g/mol. The largest absolute Gasteiger partial charge is 0.484 e. The van der Waals surface area contributed by atoms with E-state index in [2.05, 4.69) is 12.2 Å². The highest BCUT2D eigenvalue weighted by molar-refractivity contribution is 5.92. The third-order valence-corrected chi connectivity index (χ3v) is 3.62. The molecule has 0 saturated heterocycles. The highest BCUT2D eigenvalue weighted by Crippen LogP contribution is 2.18. The van der Waals surface area contributed by atoms with Crippen molar-refractivity contribution in [2.75, 3.05) is 6.61 Å². The van der Waals surface area contributed by atoms with Gasteiger partial charge in [0.15, 0.2) is 6.61 Å². The number of rotatable bonds is 8. The Morgan fingerprint density at radius 3 is 2.33 bits per heavy atom. The van der Waals surface area contributed by atoms with Crippen LogP contribution in [0.5, 0.6) is 5.75 Å². The summed E-state index contributed by atoms with van der Waals surface area (Å²) in [6, 6.07) is 16.2. The van der Waals surface area contributed by atoms with E-state index in [1.54, 1.807) is 24.3 Å². The standard InChI is InChI=1S/C19H22N2O3/c1-2-6-17(14-7-4-3-5-8-14)21-18(22)13-24-16-11-9-15(10-12-16)19(20)23/h3-5,7-12,17H,2,6,13H2,1H3,(H2,20,23)(H,21,22)/t17-/m0/s1. The van der Waals surface area contributed by atoms with Crippen LogP contribution in [0.15, 0.2) is 54.6 Å². The summed E-state index contributed by atoms with van der Waals surface area (Å²) in [5.74, 6) is -0.164. The van der Waals surface area contributed by atoms with Gasteiger partial charge in [-0.1, -0.05) is 43.7 Å². The van der Waals surface area contributed by atoms with E-state index in [1.807, 2.05) is 30.3 Å². The fraction of sp³-hybridized carbons (Fsp3) is 0.263. The molecular formula is C19H22N2O3. The van der Waals surface area contributed by atoms with Gasteiger partial charge in [-0.3, -0.25) is 9.59 Å². The lowest BCUT2D eigenvalue weighted by Gasteiger charge is -2.18. The maximum atomic E-state index is 12.1. The number of hydrogen-bond acceptors (Lipinski definition) is 3. The van der Waals surface area contributed by atoms with Gasteiger partial charge in [0, 0.05) is 5.56 Å². The SMILES string of the molecule is CCC[C@H](NC(=O)COc1ccc(C(N)=O)cc1)c1ccccc1. The van der Waals surface area contributed by atoms with Gasteiger partial charge in [-0.05, 0) is 36.2 Å². The lowest BCUT2D eigenvalue weighted by Crippen LogP contribution is -2.32. The number of nitrogens with two attached hydrogens (primary N) is 1. The topological polar surface area (TPSA) is 81.4 Å². The summed E-state index contributed by atoms with van der Waals surface area (Å²) >= 11 is 0. The monoisotopic (exact) mass is 326 g/mol. The Bertz CT molecular complexity index is 669. The third kappa shape index (κ3) is 5.12. The second-order valence-corrected chi connectivity index (χ2v) is 5.50. The fourth-order valence-corrected chi connectivity index (χ4v) is 2.40. The molecule has 1 atom stereocenters. The van der Waals surface area contributed by atoms with Crippen molar-refractivity contribution in [1.29, 1.82) is 0 Å². The van der Waals surface area contributed by atoms with Gasteiger partial charge in [0.05, 0.1) is 6.04 Å². The van der Waals surface area contributed by atoms with Crippen LogP contribution in [0.4, 0.5) is 0 Å². The Hall–Kier alpha value is -2.82. The summed E-state index contributed by atoms with van der Waals surface area (Å²) in [6.45, 7) is 2.00. The van der Waals surface area contributed by atoms with Crippen molar-refractivity contribution in [3.8, 4) is 5.75 Å². The lowest BCUT2D eigenvalue weighted by molar-refractivity contribution is -0.123. The summed E-state index contributed by atoms with van der Waals surface area (Å²) < 4.78 is 5.45. The molecule has 2 amide bonds. The smallest absolute Gasteiger partial charge is 0.258 e. The molecule has 0 aliphatic carbocycles. The second kappa shape index (κ2) is 8.72. The first-order valence-corrected chi connectivity index (χ1v) is 7.97. The van der Waals surface area contributed by atoms with Crippen LogP contribution in [0, 0.1) is 0 Å². The molecule has 24 heavy (non-hydrogen) atoms. The summed E-state index contributed by atoms with van der Waals surface area (Å²) in [5.41, 5.74) is 6.66. The number of amides is 2. The van der Waals surface area contributed by atoms with Crippen LogP contribution in [0.1, 0.15) is 41.7 Å². The van der Waals surface area contributed by atoms with Crippen molar-refractivity contribution >= 4 is 11.8 Å². The predicted octanol–water partition coefficient (Wildman–Crippen LogP) is 2.82. The number of carbonyl (C=O) groups is 2. The third-order valence-electron chi connectivity index (χ3n) is 3.62. The molecule has 0 heterocycles. The molecule has 5 nitrogen and oxygen atoms in total. The number of benzene rings is 2. The van der Waals surface area contributed by atoms with Crippen LogP contribution in [0.3, 0.4) is 0 Å². The molecule has 0 aromatic heterocycles. The van der Waals surface area contributed by atoms with Crippen molar-refractivity contribution < 1.29 is 14.3 Å². The lowest BCUT2D eigenvalue weighted by atomic mass is 10.0. The molecule has 2 aromatic rings. The van der Waals surface area contributed by atoms with Crippen molar-refractivity contribution in [3.05, 3.63) is 65.7 Å². The van der Waals surface area contributed by atoms with E-state index in [0.29, 0.717) is 11.3 Å². The van der Waals surface area contributed by atoms with Gasteiger partial charge < -0.3 is 15.8 Å². The highest BCUT2D eigenvalue weighted by atomic mass is 16.5. The molecule has 0 bridgehead atoms. The molecule has 0 unspecified atom stereocenters. The Balaban J connectivity index is 1.90. The molecule has 2 aromatic carbocycles. The quantitative estimate of drug-likeness (QED) is 0.782. The van der Waals surface area contributed by atoms with E-state index >= 15 is 0 Å². The van der Waals surface area contributed by atoms with Crippen LogP contribution in [0.25, 0.3) is 0 Å². The zero-order chi connectivity index (χ0) is 17.4. The van der Waals surface area contributed by atoms with E-state index in [4.69, 9.17) is 10.5 Å². The minimum atomic E-state index is -0.496. The second-order valence-electron chi connectivity index (χ2n) is 5.50. The predicted molar refractivity (Wildman–Crippen MR) is 92.7 cm³/mol. The van der Waals surface area contributed by atoms with E-state index in [1.165, 1.54) is 0 Å². The van der Waals surface area contributed by atoms with Crippen LogP contribution in [-0.4, -0.2) is 18.4 Å². The van der Waals surface area contributed by atoms with Gasteiger partial charge in [0.1, 0.15) is 5.75 Å². The van der Waals surface area contributed by atoms with Gasteiger partial charge >= 0.3 is 0 Å². The zero-order valence-corrected chi connectivity index (χ0v) is 13.7. The molecule has 0 aliphatic rings. The Morgan fingerprint density at radius 1 is 1.08 bits per heavy atom. The van der Waals surface area contributed by atoms with Gasteiger partial charge in [-0.2, -0.15) is 0 Å². The van der Waals surface area contributed by atoms with Gasteiger partial charge in [0.2, 0.25) is 5.91 Å². The van der Waals surface area contributed by atoms with Crippen LogP contribution < -0.4 is 15.8 Å². The number of nitrogens with one attached hydrogen (secondary N) is 1. The van der Waals surface area contributed by atoms with E-state index in [-0.39, 0.29) is 18.6 Å². The van der Waals surface area contributed by atoms with Crippen LogP contribution >= 0.6 is 0 Å². The fourth-order valence-electron chi connectivity index (χ4n) is 2.40. The normalized spacial score (nSPS) is 11.5. The van der Waals surface area contributed by atoms with Gasteiger partial charge in [0.25, 0.3) is 5.91 Å². The summed E-state index contributed by atoms with van der Waals surface area (Å²) in [5, 5.41) is 3.00. The number of ether oxygens (including phenoxy) is 1. The molecule has 0 fully saturated rings. The number of hydrogen-bond donors (Lipinski definition) is 2. The minimum absolute atomic E-state index is 0.0236. The van der Waals surface area contributed by atoms with Gasteiger partial charge in [-0.25, -0.2) is 0 Å². The van der Waals surface area contributed by atoms with Crippen LogP contribution in [0.2, 0.25) is 0 Å². The number of carbonyl (C=O) groups excluding carboxylic acids is 2. The molecule has 0 aliphatic heterocycles. The molecule has 3 N–H and O–H groups in total. The molecule has 0 spiro atoms. The Labute approximate surface area is 141 Å². The maximum Gasteiger partial charge on any atom is 0.258 e. The maximum absolute atomic E-state index is 12.1. The van der Waals surface area contributed by atoms with Gasteiger partial charge in [-0.15, -0.1) is 0 Å². The minimum Gasteiger partial charge on any atom is -0.484 e. The molecule has 126 valence electrons. The molecule has 5 heteroatoms. The molecule has 2 rings (SSSR count).